The predicted molar refractivity (Wildman–Crippen MR) is 323 cm³/mol. The number of carbonyl (C=O) groups is 1. The average molecular weight is 1140 g/mol. The fourth-order valence-corrected chi connectivity index (χ4v) is 11.0. The first-order valence-corrected chi connectivity index (χ1v) is 33.2. The topological polar surface area (TPSA) is 228 Å². The molecule has 0 saturated carbocycles. The highest BCUT2D eigenvalue weighted by atomic mass is 16.7. The zero-order valence-corrected chi connectivity index (χ0v) is 50.8. The Labute approximate surface area is 487 Å². The number of hydrogen-bond acceptors (Lipinski definition) is 13. The molecule has 0 aliphatic carbocycles. The van der Waals surface area contributed by atoms with Gasteiger partial charge in [0, 0.05) is 6.42 Å². The summed E-state index contributed by atoms with van der Waals surface area (Å²) in [6.07, 6.45) is 47.9. The number of amides is 1. The molecule has 0 aromatic rings. The maximum Gasteiger partial charge on any atom is 0.220 e. The quantitative estimate of drug-likeness (QED) is 0.0204. The van der Waals surface area contributed by atoms with Crippen LogP contribution in [0.25, 0.3) is 0 Å². The number of hydrogen-bond donors (Lipinski definition) is 9. The van der Waals surface area contributed by atoms with Crippen molar-refractivity contribution < 1.29 is 64.6 Å². The normalized spacial score (nSPS) is 24.4. The molecule has 12 unspecified atom stereocenters. The van der Waals surface area contributed by atoms with Gasteiger partial charge in [-0.05, 0) is 57.8 Å². The Bertz CT molecular complexity index is 1480. The van der Waals surface area contributed by atoms with E-state index in [4.69, 9.17) is 18.9 Å². The van der Waals surface area contributed by atoms with E-state index in [-0.39, 0.29) is 18.9 Å². The minimum absolute atomic E-state index is 0.256. The van der Waals surface area contributed by atoms with Gasteiger partial charge in [-0.1, -0.05) is 256 Å². The molecule has 1 amide bonds. The SMILES string of the molecule is CCCCCCC/C=C\CCCCCCCC(=O)NC(COC1OC(CO)C(OC2OC(CO)C(O)C(O)C2O)C(O)C1O)C(O)/C=C/CC/C=C/CCCCCCCCCCCCCCCCCCCCCCCCCCCC. The van der Waals surface area contributed by atoms with Crippen LogP contribution in [-0.2, 0) is 23.7 Å². The predicted octanol–water partition coefficient (Wildman–Crippen LogP) is 12.6. The Balaban J connectivity index is 1.67. The maximum atomic E-state index is 13.2. The van der Waals surface area contributed by atoms with Crippen molar-refractivity contribution in [1.29, 1.82) is 0 Å². The number of unbranched alkanes of at least 4 members (excludes halogenated alkanes) is 37. The molecular formula is C66H123NO13. The molecule has 2 rings (SSSR count). The summed E-state index contributed by atoms with van der Waals surface area (Å²) in [6, 6.07) is -0.935. The van der Waals surface area contributed by atoms with E-state index in [0.717, 1.165) is 51.4 Å². The Hall–Kier alpha value is -1.79. The van der Waals surface area contributed by atoms with Crippen LogP contribution in [0.15, 0.2) is 36.5 Å². The van der Waals surface area contributed by atoms with Crippen LogP contribution in [0.2, 0.25) is 0 Å². The highest BCUT2D eigenvalue weighted by Gasteiger charge is 2.51. The van der Waals surface area contributed by atoms with Crippen molar-refractivity contribution in [3.63, 3.8) is 0 Å². The Morgan fingerprint density at radius 2 is 0.800 bits per heavy atom. The van der Waals surface area contributed by atoms with Gasteiger partial charge >= 0.3 is 0 Å². The van der Waals surface area contributed by atoms with Crippen LogP contribution in [0.3, 0.4) is 0 Å². The lowest BCUT2D eigenvalue weighted by atomic mass is 9.97. The van der Waals surface area contributed by atoms with E-state index < -0.39 is 86.8 Å². The van der Waals surface area contributed by atoms with Crippen LogP contribution < -0.4 is 5.32 Å². The number of allylic oxidation sites excluding steroid dienone is 5. The number of carbonyl (C=O) groups excluding carboxylic acids is 1. The summed E-state index contributed by atoms with van der Waals surface area (Å²) in [5.41, 5.74) is 0. The third kappa shape index (κ3) is 36.1. The van der Waals surface area contributed by atoms with Crippen LogP contribution in [-0.4, -0.2) is 140 Å². The molecule has 0 bridgehead atoms. The van der Waals surface area contributed by atoms with Crippen molar-refractivity contribution in [2.75, 3.05) is 19.8 Å². The van der Waals surface area contributed by atoms with E-state index >= 15 is 0 Å². The summed E-state index contributed by atoms with van der Waals surface area (Å²) in [7, 11) is 0. The number of ether oxygens (including phenoxy) is 4. The molecule has 9 N–H and O–H groups in total. The van der Waals surface area contributed by atoms with Crippen molar-refractivity contribution in [3.8, 4) is 0 Å². The molecule has 470 valence electrons. The number of nitrogens with one attached hydrogen (secondary N) is 1. The molecule has 14 nitrogen and oxygen atoms in total. The lowest BCUT2D eigenvalue weighted by Gasteiger charge is -2.46. The lowest BCUT2D eigenvalue weighted by Crippen LogP contribution is -2.65. The van der Waals surface area contributed by atoms with Gasteiger partial charge < -0.3 is 65.1 Å². The molecule has 0 radical (unpaired) electrons. The summed E-state index contributed by atoms with van der Waals surface area (Å²) in [5.74, 6) is -0.256. The van der Waals surface area contributed by atoms with Gasteiger partial charge in [-0.15, -0.1) is 0 Å². The summed E-state index contributed by atoms with van der Waals surface area (Å²) in [5, 5.41) is 87.1. The van der Waals surface area contributed by atoms with E-state index in [2.05, 4.69) is 43.5 Å². The maximum absolute atomic E-state index is 13.2. The molecule has 0 aromatic heterocycles. The van der Waals surface area contributed by atoms with Crippen molar-refractivity contribution >= 4 is 5.91 Å². The summed E-state index contributed by atoms with van der Waals surface area (Å²) in [4.78, 5) is 13.2. The van der Waals surface area contributed by atoms with E-state index in [9.17, 15) is 45.6 Å². The average Bonchev–Trinajstić information content (AvgIpc) is 3.46. The Morgan fingerprint density at radius 1 is 0.438 bits per heavy atom. The summed E-state index contributed by atoms with van der Waals surface area (Å²) in [6.45, 7) is 2.79. The van der Waals surface area contributed by atoms with Crippen molar-refractivity contribution in [3.05, 3.63) is 36.5 Å². The second kappa shape index (κ2) is 51.6. The van der Waals surface area contributed by atoms with E-state index in [0.29, 0.717) is 12.8 Å². The van der Waals surface area contributed by atoms with Gasteiger partial charge in [0.15, 0.2) is 12.6 Å². The van der Waals surface area contributed by atoms with Crippen LogP contribution in [0.5, 0.6) is 0 Å². The first-order chi connectivity index (χ1) is 39.1. The minimum atomic E-state index is -1.79. The van der Waals surface area contributed by atoms with Gasteiger partial charge in [-0.3, -0.25) is 4.79 Å². The fraction of sp³-hybridized carbons (Fsp3) is 0.894. The second-order valence-corrected chi connectivity index (χ2v) is 23.6. The van der Waals surface area contributed by atoms with Crippen LogP contribution in [0, 0.1) is 0 Å². The smallest absolute Gasteiger partial charge is 0.220 e. The summed E-state index contributed by atoms with van der Waals surface area (Å²) >= 11 is 0. The van der Waals surface area contributed by atoms with E-state index in [1.54, 1.807) is 6.08 Å². The molecule has 2 heterocycles. The first kappa shape index (κ1) is 74.3. The molecular weight excluding hydrogens is 1010 g/mol. The summed E-state index contributed by atoms with van der Waals surface area (Å²) < 4.78 is 22.8. The first-order valence-electron chi connectivity index (χ1n) is 33.2. The van der Waals surface area contributed by atoms with Gasteiger partial charge in [0.05, 0.1) is 32.0 Å². The van der Waals surface area contributed by atoms with Gasteiger partial charge in [-0.2, -0.15) is 0 Å². The largest absolute Gasteiger partial charge is 0.394 e. The Kier molecular flexibility index (Phi) is 47.9. The Morgan fingerprint density at radius 3 is 1.23 bits per heavy atom. The van der Waals surface area contributed by atoms with Crippen molar-refractivity contribution in [2.45, 2.75) is 357 Å². The van der Waals surface area contributed by atoms with Gasteiger partial charge in [0.2, 0.25) is 5.91 Å². The number of aliphatic hydroxyl groups excluding tert-OH is 8. The zero-order valence-electron chi connectivity index (χ0n) is 50.8. The monoisotopic (exact) mass is 1140 g/mol. The molecule has 2 fully saturated rings. The number of aliphatic hydroxyl groups is 8. The van der Waals surface area contributed by atoms with Crippen molar-refractivity contribution in [1.82, 2.24) is 5.32 Å². The fourth-order valence-electron chi connectivity index (χ4n) is 11.0. The molecule has 14 heteroatoms. The molecule has 2 aliphatic rings. The van der Waals surface area contributed by atoms with Gasteiger partial charge in [0.25, 0.3) is 0 Å². The standard InChI is InChI=1S/C66H123NO13/c1-3-5-7-9-11-13-15-17-19-20-21-22-23-24-25-26-27-28-29-30-31-32-33-34-35-36-37-39-41-43-45-47-49-55(70)54(67-58(71)50-48-46-44-42-40-38-18-16-14-12-10-8-6-4-2)53-77-65-63(76)61(74)64(57(52-69)79-65)80-66-62(75)60(73)59(72)56(51-68)78-66/h16,18,39,41,47,49,54-57,59-66,68-70,72-76H,3-15,17,19-38,40,42-46,48,50-53H2,1-2H3,(H,67,71)/b18-16-,41-39+,49-47+. The zero-order chi connectivity index (χ0) is 58.1. The molecule has 2 saturated heterocycles. The third-order valence-corrected chi connectivity index (χ3v) is 16.3. The van der Waals surface area contributed by atoms with Crippen molar-refractivity contribution in [2.24, 2.45) is 0 Å². The molecule has 0 spiro atoms. The van der Waals surface area contributed by atoms with E-state index in [1.807, 2.05) is 6.08 Å². The van der Waals surface area contributed by atoms with Crippen LogP contribution in [0.1, 0.15) is 284 Å². The van der Waals surface area contributed by atoms with Gasteiger partial charge in [0.1, 0.15) is 48.8 Å². The van der Waals surface area contributed by atoms with Gasteiger partial charge in [-0.25, -0.2) is 0 Å². The minimum Gasteiger partial charge on any atom is -0.394 e. The van der Waals surface area contributed by atoms with E-state index in [1.165, 1.54) is 199 Å². The highest BCUT2D eigenvalue weighted by molar-refractivity contribution is 5.76. The second-order valence-electron chi connectivity index (χ2n) is 23.6. The molecule has 2 aliphatic heterocycles. The molecule has 12 atom stereocenters. The molecule has 80 heavy (non-hydrogen) atoms. The number of rotatable bonds is 54. The third-order valence-electron chi connectivity index (χ3n) is 16.3. The highest BCUT2D eigenvalue weighted by Crippen LogP contribution is 2.30. The van der Waals surface area contributed by atoms with Crippen LogP contribution >= 0.6 is 0 Å². The lowest BCUT2D eigenvalue weighted by molar-refractivity contribution is -0.359. The van der Waals surface area contributed by atoms with Crippen LogP contribution in [0.4, 0.5) is 0 Å². The molecule has 0 aromatic carbocycles.